The summed E-state index contributed by atoms with van der Waals surface area (Å²) < 4.78 is 10.6. The van der Waals surface area contributed by atoms with Crippen LogP contribution < -0.4 is 20.5 Å². The number of nitrogens with one attached hydrogen (secondary N) is 1. The van der Waals surface area contributed by atoms with Crippen LogP contribution >= 0.6 is 0 Å². The predicted molar refractivity (Wildman–Crippen MR) is 74.3 cm³/mol. The molecule has 0 spiro atoms. The van der Waals surface area contributed by atoms with Crippen LogP contribution in [0.15, 0.2) is 18.2 Å². The fourth-order valence-corrected chi connectivity index (χ4v) is 1.56. The van der Waals surface area contributed by atoms with Gasteiger partial charge in [-0.3, -0.25) is 4.79 Å². The minimum Gasteiger partial charge on any atom is -0.493 e. The Kier molecular flexibility index (Phi) is 6.74. The number of methoxy groups -OCH3 is 1. The summed E-state index contributed by atoms with van der Waals surface area (Å²) >= 11 is 0. The first kappa shape index (κ1) is 15.3. The van der Waals surface area contributed by atoms with Gasteiger partial charge in [-0.15, -0.1) is 0 Å². The Bertz CT molecular complexity index is 408. The lowest BCUT2D eigenvalue weighted by molar-refractivity contribution is -0.123. The van der Waals surface area contributed by atoms with Gasteiger partial charge in [0.2, 0.25) is 0 Å². The van der Waals surface area contributed by atoms with Crippen molar-refractivity contribution in [3.8, 4) is 11.5 Å². The third-order valence-electron chi connectivity index (χ3n) is 2.68. The van der Waals surface area contributed by atoms with Crippen molar-refractivity contribution in [1.82, 2.24) is 5.32 Å². The molecule has 5 nitrogen and oxygen atoms in total. The summed E-state index contributed by atoms with van der Waals surface area (Å²) in [5.74, 6) is 1.01. The van der Waals surface area contributed by atoms with E-state index in [0.717, 1.165) is 18.4 Å². The molecular weight excluding hydrogens is 244 g/mol. The standard InChI is InChI=1S/C14H22N2O3/c1-3-4-7-16-14(17)10-19-12-6-5-11(9-15)8-13(12)18-2/h5-6,8H,3-4,7,9-10,15H2,1-2H3,(H,16,17). The van der Waals surface area contributed by atoms with Gasteiger partial charge in [-0.1, -0.05) is 19.4 Å². The Hall–Kier alpha value is -1.75. The highest BCUT2D eigenvalue weighted by molar-refractivity contribution is 5.77. The van der Waals surface area contributed by atoms with Crippen molar-refractivity contribution in [2.75, 3.05) is 20.3 Å². The van der Waals surface area contributed by atoms with E-state index in [1.54, 1.807) is 13.2 Å². The monoisotopic (exact) mass is 266 g/mol. The molecule has 5 heteroatoms. The second-order valence-electron chi connectivity index (χ2n) is 4.18. The maximum Gasteiger partial charge on any atom is 0.257 e. The summed E-state index contributed by atoms with van der Waals surface area (Å²) in [6.45, 7) is 3.19. The highest BCUT2D eigenvalue weighted by Gasteiger charge is 2.07. The first-order chi connectivity index (χ1) is 9.21. The summed E-state index contributed by atoms with van der Waals surface area (Å²) in [6, 6.07) is 5.43. The lowest BCUT2D eigenvalue weighted by Crippen LogP contribution is -2.29. The van der Waals surface area contributed by atoms with Gasteiger partial charge < -0.3 is 20.5 Å². The molecule has 1 amide bonds. The van der Waals surface area contributed by atoms with E-state index in [4.69, 9.17) is 15.2 Å². The van der Waals surface area contributed by atoms with Gasteiger partial charge in [0.05, 0.1) is 7.11 Å². The molecule has 0 saturated heterocycles. The van der Waals surface area contributed by atoms with Crippen molar-refractivity contribution in [3.05, 3.63) is 23.8 Å². The van der Waals surface area contributed by atoms with E-state index in [2.05, 4.69) is 12.2 Å². The Morgan fingerprint density at radius 2 is 2.16 bits per heavy atom. The van der Waals surface area contributed by atoms with Crippen LogP contribution in [-0.2, 0) is 11.3 Å². The minimum atomic E-state index is -0.126. The summed E-state index contributed by atoms with van der Waals surface area (Å²) in [7, 11) is 1.56. The fourth-order valence-electron chi connectivity index (χ4n) is 1.56. The van der Waals surface area contributed by atoms with Gasteiger partial charge in [-0.05, 0) is 24.1 Å². The number of unbranched alkanes of at least 4 members (excludes halogenated alkanes) is 1. The SMILES string of the molecule is CCCCNC(=O)COc1ccc(CN)cc1OC. The van der Waals surface area contributed by atoms with Crippen molar-refractivity contribution in [3.63, 3.8) is 0 Å². The van der Waals surface area contributed by atoms with E-state index < -0.39 is 0 Å². The van der Waals surface area contributed by atoms with Crippen LogP contribution in [0.3, 0.4) is 0 Å². The largest absolute Gasteiger partial charge is 0.493 e. The Morgan fingerprint density at radius 3 is 2.79 bits per heavy atom. The maximum atomic E-state index is 11.5. The van der Waals surface area contributed by atoms with Gasteiger partial charge in [-0.2, -0.15) is 0 Å². The zero-order chi connectivity index (χ0) is 14.1. The summed E-state index contributed by atoms with van der Waals surface area (Å²) in [5, 5.41) is 2.79. The van der Waals surface area contributed by atoms with E-state index in [-0.39, 0.29) is 12.5 Å². The minimum absolute atomic E-state index is 0.0119. The van der Waals surface area contributed by atoms with Crippen LogP contribution in [0.2, 0.25) is 0 Å². The second-order valence-corrected chi connectivity index (χ2v) is 4.18. The highest BCUT2D eigenvalue weighted by Crippen LogP contribution is 2.27. The molecule has 0 bridgehead atoms. The van der Waals surface area contributed by atoms with Crippen LogP contribution in [0.1, 0.15) is 25.3 Å². The molecule has 3 N–H and O–H groups in total. The molecular formula is C14H22N2O3. The van der Waals surface area contributed by atoms with E-state index in [1.807, 2.05) is 12.1 Å². The van der Waals surface area contributed by atoms with Crippen molar-refractivity contribution in [1.29, 1.82) is 0 Å². The van der Waals surface area contributed by atoms with Crippen molar-refractivity contribution in [2.24, 2.45) is 5.73 Å². The molecule has 1 aromatic rings. The molecule has 1 rings (SSSR count). The predicted octanol–water partition coefficient (Wildman–Crippen LogP) is 1.45. The summed E-state index contributed by atoms with van der Waals surface area (Å²) in [4.78, 5) is 11.5. The van der Waals surface area contributed by atoms with E-state index in [0.29, 0.717) is 24.6 Å². The second kappa shape index (κ2) is 8.37. The topological polar surface area (TPSA) is 73.6 Å². The number of ether oxygens (including phenoxy) is 2. The smallest absolute Gasteiger partial charge is 0.257 e. The van der Waals surface area contributed by atoms with E-state index in [9.17, 15) is 4.79 Å². The molecule has 0 radical (unpaired) electrons. The number of carbonyl (C=O) groups excluding carboxylic acids is 1. The van der Waals surface area contributed by atoms with Crippen molar-refractivity contribution >= 4 is 5.91 Å². The number of benzene rings is 1. The fraction of sp³-hybridized carbons (Fsp3) is 0.500. The van der Waals surface area contributed by atoms with Crippen LogP contribution in [0.25, 0.3) is 0 Å². The molecule has 0 aromatic heterocycles. The highest BCUT2D eigenvalue weighted by atomic mass is 16.5. The molecule has 0 heterocycles. The maximum absolute atomic E-state index is 11.5. The first-order valence-corrected chi connectivity index (χ1v) is 6.47. The van der Waals surface area contributed by atoms with Gasteiger partial charge >= 0.3 is 0 Å². The van der Waals surface area contributed by atoms with Gasteiger partial charge in [0.25, 0.3) is 5.91 Å². The third kappa shape index (κ3) is 5.18. The van der Waals surface area contributed by atoms with E-state index >= 15 is 0 Å². The van der Waals surface area contributed by atoms with Crippen LogP contribution in [0.4, 0.5) is 0 Å². The molecule has 0 atom stereocenters. The Morgan fingerprint density at radius 1 is 1.37 bits per heavy atom. The number of nitrogens with two attached hydrogens (primary N) is 1. The molecule has 1 aromatic carbocycles. The lowest BCUT2D eigenvalue weighted by atomic mass is 10.2. The number of hydrogen-bond acceptors (Lipinski definition) is 4. The average molecular weight is 266 g/mol. The van der Waals surface area contributed by atoms with Crippen LogP contribution in [0.5, 0.6) is 11.5 Å². The van der Waals surface area contributed by atoms with Crippen LogP contribution in [0, 0.1) is 0 Å². The number of hydrogen-bond donors (Lipinski definition) is 2. The average Bonchev–Trinajstić information content (AvgIpc) is 2.45. The van der Waals surface area contributed by atoms with Gasteiger partial charge in [-0.25, -0.2) is 0 Å². The molecule has 0 aliphatic rings. The van der Waals surface area contributed by atoms with Crippen LogP contribution in [-0.4, -0.2) is 26.2 Å². The molecule has 0 aliphatic carbocycles. The molecule has 106 valence electrons. The zero-order valence-electron chi connectivity index (χ0n) is 11.6. The number of rotatable bonds is 8. The quantitative estimate of drug-likeness (QED) is 0.698. The van der Waals surface area contributed by atoms with Gasteiger partial charge in [0, 0.05) is 13.1 Å². The van der Waals surface area contributed by atoms with Crippen molar-refractivity contribution in [2.45, 2.75) is 26.3 Å². The molecule has 19 heavy (non-hydrogen) atoms. The Balaban J connectivity index is 2.50. The van der Waals surface area contributed by atoms with Crippen molar-refractivity contribution < 1.29 is 14.3 Å². The number of amides is 1. The lowest BCUT2D eigenvalue weighted by Gasteiger charge is -2.11. The Labute approximate surface area is 114 Å². The van der Waals surface area contributed by atoms with Gasteiger partial charge in [0.15, 0.2) is 18.1 Å². The summed E-state index contributed by atoms with van der Waals surface area (Å²) in [5.41, 5.74) is 6.51. The molecule has 0 aliphatic heterocycles. The first-order valence-electron chi connectivity index (χ1n) is 6.47. The molecule has 0 fully saturated rings. The molecule has 0 saturated carbocycles. The number of carbonyl (C=O) groups is 1. The summed E-state index contributed by atoms with van der Waals surface area (Å²) in [6.07, 6.45) is 2.02. The zero-order valence-corrected chi connectivity index (χ0v) is 11.6. The van der Waals surface area contributed by atoms with Gasteiger partial charge in [0.1, 0.15) is 0 Å². The van der Waals surface area contributed by atoms with E-state index in [1.165, 1.54) is 0 Å². The molecule has 0 unspecified atom stereocenters. The normalized spacial score (nSPS) is 10.1. The third-order valence-corrected chi connectivity index (χ3v) is 2.68.